The van der Waals surface area contributed by atoms with Gasteiger partial charge in [0, 0.05) is 17.7 Å². The number of phenolic OH excluding ortho intramolecular Hbond substituents is 1. The summed E-state index contributed by atoms with van der Waals surface area (Å²) in [6, 6.07) is 6.41. The van der Waals surface area contributed by atoms with Crippen LogP contribution in [0.25, 0.3) is 0 Å². The number of halogens is 1. The summed E-state index contributed by atoms with van der Waals surface area (Å²) in [6.07, 6.45) is 0.784. The molecule has 0 radical (unpaired) electrons. The van der Waals surface area contributed by atoms with Gasteiger partial charge in [-0.05, 0) is 24.5 Å². The van der Waals surface area contributed by atoms with Crippen LogP contribution in [0.15, 0.2) is 24.3 Å². The maximum atomic E-state index is 12.6. The fourth-order valence-corrected chi connectivity index (χ4v) is 5.18. The molecule has 3 aliphatic rings. The van der Waals surface area contributed by atoms with Crippen molar-refractivity contribution >= 4 is 33.5 Å². The number of ether oxygens (including phenoxy) is 1. The number of rotatable bonds is 2. The summed E-state index contributed by atoms with van der Waals surface area (Å²) in [5.41, 5.74) is 0.539. The van der Waals surface area contributed by atoms with Gasteiger partial charge in [0.15, 0.2) is 0 Å². The van der Waals surface area contributed by atoms with Crippen molar-refractivity contribution in [3.8, 4) is 5.75 Å². The number of fused-ring (bicyclic) bond motifs is 1. The van der Waals surface area contributed by atoms with Crippen molar-refractivity contribution in [2.75, 3.05) is 5.32 Å². The van der Waals surface area contributed by atoms with Crippen molar-refractivity contribution in [3.63, 3.8) is 0 Å². The predicted octanol–water partition coefficient (Wildman–Crippen LogP) is 1.90. The van der Waals surface area contributed by atoms with Gasteiger partial charge in [-0.1, -0.05) is 22.0 Å². The van der Waals surface area contributed by atoms with E-state index in [1.807, 2.05) is 0 Å². The first-order valence-electron chi connectivity index (χ1n) is 7.01. The molecule has 2 bridgehead atoms. The molecule has 1 aromatic rings. The van der Waals surface area contributed by atoms with Crippen LogP contribution in [-0.4, -0.2) is 27.9 Å². The monoisotopic (exact) mass is 351 g/mol. The maximum Gasteiger partial charge on any atom is 0.310 e. The van der Waals surface area contributed by atoms with Crippen LogP contribution < -0.4 is 5.32 Å². The summed E-state index contributed by atoms with van der Waals surface area (Å²) in [5.74, 6) is -0.690. The first-order valence-corrected chi connectivity index (χ1v) is 7.92. The highest BCUT2D eigenvalue weighted by molar-refractivity contribution is 9.09. The third-order valence-electron chi connectivity index (χ3n) is 4.94. The molecule has 6 atom stereocenters. The van der Waals surface area contributed by atoms with Crippen molar-refractivity contribution in [2.24, 2.45) is 23.7 Å². The normalized spacial score (nSPS) is 39.4. The second-order valence-electron chi connectivity index (χ2n) is 6.00. The Morgan fingerprint density at radius 1 is 1.38 bits per heavy atom. The van der Waals surface area contributed by atoms with Crippen LogP contribution in [0.3, 0.4) is 0 Å². The van der Waals surface area contributed by atoms with Crippen LogP contribution in [0, 0.1) is 23.7 Å². The van der Waals surface area contributed by atoms with Crippen LogP contribution in [0.2, 0.25) is 0 Å². The van der Waals surface area contributed by atoms with Crippen molar-refractivity contribution in [1.29, 1.82) is 0 Å². The van der Waals surface area contributed by atoms with Crippen LogP contribution in [0.5, 0.6) is 5.75 Å². The molecule has 0 spiro atoms. The van der Waals surface area contributed by atoms with E-state index in [-0.39, 0.29) is 52.2 Å². The molecule has 3 fully saturated rings. The molecule has 1 aliphatic heterocycles. The summed E-state index contributed by atoms with van der Waals surface area (Å²) in [5, 5.41) is 12.3. The zero-order valence-corrected chi connectivity index (χ0v) is 12.6. The Bertz CT molecular complexity index is 634. The van der Waals surface area contributed by atoms with Gasteiger partial charge in [0.1, 0.15) is 11.9 Å². The predicted molar refractivity (Wildman–Crippen MR) is 77.9 cm³/mol. The van der Waals surface area contributed by atoms with Gasteiger partial charge in [-0.2, -0.15) is 0 Å². The lowest BCUT2D eigenvalue weighted by molar-refractivity contribution is -0.145. The molecule has 21 heavy (non-hydrogen) atoms. The summed E-state index contributed by atoms with van der Waals surface area (Å²) >= 11 is 3.58. The van der Waals surface area contributed by atoms with E-state index in [4.69, 9.17) is 4.74 Å². The Kier molecular flexibility index (Phi) is 2.79. The highest BCUT2D eigenvalue weighted by Crippen LogP contribution is 2.60. The average Bonchev–Trinajstić information content (AvgIpc) is 3.02. The first kappa shape index (κ1) is 13.1. The van der Waals surface area contributed by atoms with Crippen molar-refractivity contribution in [3.05, 3.63) is 24.3 Å². The molecule has 1 heterocycles. The van der Waals surface area contributed by atoms with Gasteiger partial charge in [0.05, 0.1) is 16.7 Å². The standard InChI is InChI=1S/C15H14BrNO4/c16-12-8-5-9-11(15(20)21-13(9)12)10(8)14(19)17-6-2-1-3-7(18)4-6/h1-4,8-13,18H,5H2,(H,17,19)/t8-,9-,10-,11-,12-,13+/m1/s1. The van der Waals surface area contributed by atoms with Crippen LogP contribution in [0.4, 0.5) is 5.69 Å². The van der Waals surface area contributed by atoms with E-state index in [0.29, 0.717) is 5.69 Å². The van der Waals surface area contributed by atoms with Crippen LogP contribution >= 0.6 is 15.9 Å². The topological polar surface area (TPSA) is 75.6 Å². The van der Waals surface area contributed by atoms with E-state index in [1.54, 1.807) is 18.2 Å². The van der Waals surface area contributed by atoms with Crippen LogP contribution in [-0.2, 0) is 14.3 Å². The van der Waals surface area contributed by atoms with Gasteiger partial charge in [-0.25, -0.2) is 0 Å². The molecular weight excluding hydrogens is 338 g/mol. The fourth-order valence-electron chi connectivity index (χ4n) is 4.14. The highest BCUT2D eigenvalue weighted by Gasteiger charge is 2.67. The molecule has 1 saturated heterocycles. The quantitative estimate of drug-likeness (QED) is 0.630. The fraction of sp³-hybridized carbons (Fsp3) is 0.467. The number of hydrogen-bond donors (Lipinski definition) is 2. The minimum atomic E-state index is -0.354. The number of aromatic hydroxyl groups is 1. The van der Waals surface area contributed by atoms with Crippen molar-refractivity contribution in [2.45, 2.75) is 17.4 Å². The number of hydrogen-bond acceptors (Lipinski definition) is 4. The average molecular weight is 352 g/mol. The summed E-state index contributed by atoms with van der Waals surface area (Å²) in [4.78, 5) is 24.6. The lowest BCUT2D eigenvalue weighted by Crippen LogP contribution is -2.40. The molecule has 2 saturated carbocycles. The van der Waals surface area contributed by atoms with Gasteiger partial charge in [-0.3, -0.25) is 9.59 Å². The molecule has 4 rings (SSSR count). The van der Waals surface area contributed by atoms with E-state index in [1.165, 1.54) is 6.07 Å². The third kappa shape index (κ3) is 1.81. The summed E-state index contributed by atoms with van der Waals surface area (Å²) in [7, 11) is 0. The highest BCUT2D eigenvalue weighted by atomic mass is 79.9. The smallest absolute Gasteiger partial charge is 0.310 e. The number of alkyl halides is 1. The zero-order chi connectivity index (χ0) is 14.7. The number of phenols is 1. The van der Waals surface area contributed by atoms with Gasteiger partial charge in [-0.15, -0.1) is 0 Å². The lowest BCUT2D eigenvalue weighted by atomic mass is 9.79. The molecule has 2 N–H and O–H groups in total. The van der Waals surface area contributed by atoms with E-state index in [2.05, 4.69) is 21.2 Å². The molecule has 2 aliphatic carbocycles. The number of nitrogens with one attached hydrogen (secondary N) is 1. The Morgan fingerprint density at radius 2 is 2.19 bits per heavy atom. The van der Waals surface area contributed by atoms with E-state index >= 15 is 0 Å². The zero-order valence-electron chi connectivity index (χ0n) is 11.0. The largest absolute Gasteiger partial charge is 0.508 e. The number of benzene rings is 1. The molecule has 0 aromatic heterocycles. The number of anilines is 1. The SMILES string of the molecule is O=C(Nc1cccc(O)c1)[C@@H]1[C@H]2C[C@H]3[C@H](OC(=O)[C@H]31)[C@@H]2Br. The summed E-state index contributed by atoms with van der Waals surface area (Å²) in [6.45, 7) is 0. The second-order valence-corrected chi connectivity index (χ2v) is 7.06. The molecule has 6 heteroatoms. The van der Waals surface area contributed by atoms with E-state index < -0.39 is 0 Å². The van der Waals surface area contributed by atoms with E-state index in [0.717, 1.165) is 6.42 Å². The summed E-state index contributed by atoms with van der Waals surface area (Å²) < 4.78 is 5.40. The molecule has 1 aromatic carbocycles. The van der Waals surface area contributed by atoms with Gasteiger partial charge < -0.3 is 15.2 Å². The molecule has 0 unspecified atom stereocenters. The maximum absolute atomic E-state index is 12.6. The lowest BCUT2D eigenvalue weighted by Gasteiger charge is -2.27. The van der Waals surface area contributed by atoms with Crippen molar-refractivity contribution in [1.82, 2.24) is 0 Å². The number of amides is 1. The van der Waals surface area contributed by atoms with Crippen LogP contribution in [0.1, 0.15) is 6.42 Å². The number of esters is 1. The van der Waals surface area contributed by atoms with Crippen molar-refractivity contribution < 1.29 is 19.4 Å². The van der Waals surface area contributed by atoms with Gasteiger partial charge in [0.2, 0.25) is 5.91 Å². The first-order chi connectivity index (χ1) is 10.1. The molecule has 110 valence electrons. The molecular formula is C15H14BrNO4. The van der Waals surface area contributed by atoms with E-state index in [9.17, 15) is 14.7 Å². The second kappa shape index (κ2) is 4.47. The molecule has 1 amide bonds. The van der Waals surface area contributed by atoms with Gasteiger partial charge in [0.25, 0.3) is 0 Å². The minimum absolute atomic E-state index is 0.0603. The Balaban J connectivity index is 1.59. The Labute approximate surface area is 129 Å². The minimum Gasteiger partial charge on any atom is -0.508 e. The Morgan fingerprint density at radius 3 is 2.95 bits per heavy atom. The van der Waals surface area contributed by atoms with Gasteiger partial charge >= 0.3 is 5.97 Å². The number of carbonyl (C=O) groups is 2. The molecule has 5 nitrogen and oxygen atoms in total. The Hall–Kier alpha value is -1.56. The third-order valence-corrected chi connectivity index (χ3v) is 6.14. The number of carbonyl (C=O) groups excluding carboxylic acids is 2.